The van der Waals surface area contributed by atoms with E-state index in [2.05, 4.69) is 10.9 Å². The van der Waals surface area contributed by atoms with Crippen molar-refractivity contribution in [3.63, 3.8) is 0 Å². The molecule has 1 aliphatic heterocycles. The van der Waals surface area contributed by atoms with Crippen molar-refractivity contribution >= 4 is 34.2 Å². The molecule has 7 heteroatoms. The number of carbonyl (C=O) groups excluding carboxylic acids is 3. The summed E-state index contributed by atoms with van der Waals surface area (Å²) in [5.74, 6) is -0.620. The van der Waals surface area contributed by atoms with Crippen molar-refractivity contribution in [3.05, 3.63) is 72.3 Å². The zero-order valence-electron chi connectivity index (χ0n) is 15.6. The quantitative estimate of drug-likeness (QED) is 0.668. The van der Waals surface area contributed by atoms with E-state index in [1.165, 1.54) is 4.90 Å². The first kappa shape index (κ1) is 18.5. The third-order valence-electron chi connectivity index (χ3n) is 4.68. The summed E-state index contributed by atoms with van der Waals surface area (Å²) < 4.78 is 5.35. The Morgan fingerprint density at radius 2 is 1.62 bits per heavy atom. The predicted molar refractivity (Wildman–Crippen MR) is 108 cm³/mol. The van der Waals surface area contributed by atoms with Crippen molar-refractivity contribution in [2.75, 3.05) is 18.1 Å². The monoisotopic (exact) mass is 389 g/mol. The molecule has 7 nitrogen and oxygen atoms in total. The molecule has 0 unspecified atom stereocenters. The molecule has 3 aromatic carbocycles. The lowest BCUT2D eigenvalue weighted by molar-refractivity contribution is -0.129. The summed E-state index contributed by atoms with van der Waals surface area (Å²) in [7, 11) is 0. The van der Waals surface area contributed by atoms with E-state index in [1.807, 2.05) is 42.5 Å². The Bertz CT molecular complexity index is 1090. The Hall–Kier alpha value is -3.87. The molecule has 0 saturated heterocycles. The normalized spacial score (nSPS) is 12.8. The van der Waals surface area contributed by atoms with Gasteiger partial charge in [-0.1, -0.05) is 54.6 Å². The van der Waals surface area contributed by atoms with Crippen molar-refractivity contribution in [1.82, 2.24) is 10.9 Å². The zero-order valence-corrected chi connectivity index (χ0v) is 15.6. The lowest BCUT2D eigenvalue weighted by atomic mass is 10.0. The van der Waals surface area contributed by atoms with Gasteiger partial charge in [0.2, 0.25) is 5.91 Å². The van der Waals surface area contributed by atoms with E-state index in [-0.39, 0.29) is 31.4 Å². The van der Waals surface area contributed by atoms with Crippen LogP contribution in [0.4, 0.5) is 5.69 Å². The highest BCUT2D eigenvalue weighted by molar-refractivity contribution is 6.02. The molecule has 0 fully saturated rings. The third kappa shape index (κ3) is 4.03. The zero-order chi connectivity index (χ0) is 20.2. The van der Waals surface area contributed by atoms with E-state index in [9.17, 15) is 14.4 Å². The summed E-state index contributed by atoms with van der Waals surface area (Å²) >= 11 is 0. The minimum atomic E-state index is -0.499. The van der Waals surface area contributed by atoms with E-state index >= 15 is 0 Å². The van der Waals surface area contributed by atoms with E-state index in [4.69, 9.17) is 4.74 Å². The van der Waals surface area contributed by atoms with Gasteiger partial charge in [0.15, 0.2) is 6.61 Å². The minimum Gasteiger partial charge on any atom is -0.482 e. The third-order valence-corrected chi connectivity index (χ3v) is 4.68. The molecule has 3 aromatic rings. The Balaban J connectivity index is 1.36. The summed E-state index contributed by atoms with van der Waals surface area (Å²) in [6.07, 6.45) is 0.126. The van der Waals surface area contributed by atoms with Crippen LogP contribution in [0, 0.1) is 0 Å². The van der Waals surface area contributed by atoms with Crippen LogP contribution in [0.2, 0.25) is 0 Å². The van der Waals surface area contributed by atoms with Gasteiger partial charge >= 0.3 is 0 Å². The van der Waals surface area contributed by atoms with Crippen molar-refractivity contribution in [3.8, 4) is 5.75 Å². The van der Waals surface area contributed by atoms with Crippen LogP contribution in [0.1, 0.15) is 5.56 Å². The van der Waals surface area contributed by atoms with Gasteiger partial charge in [0, 0.05) is 0 Å². The van der Waals surface area contributed by atoms with Crippen LogP contribution in [0.3, 0.4) is 0 Å². The number of hydrogen-bond donors (Lipinski definition) is 2. The molecule has 146 valence electrons. The molecule has 29 heavy (non-hydrogen) atoms. The minimum absolute atomic E-state index is 0.126. The summed E-state index contributed by atoms with van der Waals surface area (Å²) in [5.41, 5.74) is 6.19. The Morgan fingerprint density at radius 3 is 2.52 bits per heavy atom. The molecule has 0 aliphatic carbocycles. The van der Waals surface area contributed by atoms with Crippen LogP contribution in [0.25, 0.3) is 10.8 Å². The maximum Gasteiger partial charge on any atom is 0.265 e. The number of para-hydroxylation sites is 2. The molecule has 0 atom stereocenters. The van der Waals surface area contributed by atoms with Gasteiger partial charge in [-0.25, -0.2) is 0 Å². The maximum absolute atomic E-state index is 12.3. The number of amides is 3. The first-order valence-corrected chi connectivity index (χ1v) is 9.18. The summed E-state index contributed by atoms with van der Waals surface area (Å²) in [6.45, 7) is -0.342. The number of rotatable bonds is 4. The molecular formula is C22H19N3O4. The topological polar surface area (TPSA) is 87.7 Å². The molecule has 0 aromatic heterocycles. The van der Waals surface area contributed by atoms with Gasteiger partial charge in [-0.2, -0.15) is 0 Å². The highest BCUT2D eigenvalue weighted by Crippen LogP contribution is 2.31. The molecule has 0 radical (unpaired) electrons. The van der Waals surface area contributed by atoms with Crippen LogP contribution in [-0.4, -0.2) is 30.9 Å². The predicted octanol–water partition coefficient (Wildman–Crippen LogP) is 1.96. The van der Waals surface area contributed by atoms with Crippen LogP contribution < -0.4 is 20.5 Å². The summed E-state index contributed by atoms with van der Waals surface area (Å²) in [6, 6.07) is 20.6. The fraction of sp³-hybridized carbons (Fsp3) is 0.136. The van der Waals surface area contributed by atoms with Crippen LogP contribution >= 0.6 is 0 Å². The largest absolute Gasteiger partial charge is 0.482 e. The first-order valence-electron chi connectivity index (χ1n) is 9.18. The van der Waals surface area contributed by atoms with Gasteiger partial charge in [0.1, 0.15) is 12.3 Å². The first-order chi connectivity index (χ1) is 14.1. The summed E-state index contributed by atoms with van der Waals surface area (Å²) in [5, 5.41) is 2.04. The summed E-state index contributed by atoms with van der Waals surface area (Å²) in [4.78, 5) is 38.0. The Labute approximate surface area is 167 Å². The molecule has 0 spiro atoms. The van der Waals surface area contributed by atoms with Gasteiger partial charge in [-0.3, -0.25) is 30.1 Å². The van der Waals surface area contributed by atoms with Gasteiger partial charge in [0.25, 0.3) is 11.8 Å². The number of nitrogens with one attached hydrogen (secondary N) is 2. The van der Waals surface area contributed by atoms with Crippen molar-refractivity contribution in [2.24, 2.45) is 0 Å². The van der Waals surface area contributed by atoms with E-state index < -0.39 is 5.91 Å². The van der Waals surface area contributed by atoms with Gasteiger partial charge in [0.05, 0.1) is 12.1 Å². The molecule has 1 heterocycles. The van der Waals surface area contributed by atoms with Crippen LogP contribution in [-0.2, 0) is 20.8 Å². The average Bonchev–Trinajstić information content (AvgIpc) is 2.75. The molecule has 3 amide bonds. The maximum atomic E-state index is 12.3. The number of carbonyl (C=O) groups is 3. The number of hydrazine groups is 1. The number of anilines is 1. The molecule has 0 saturated carbocycles. The number of ether oxygens (including phenoxy) is 1. The number of hydrogen-bond acceptors (Lipinski definition) is 4. The molecule has 2 N–H and O–H groups in total. The van der Waals surface area contributed by atoms with Crippen molar-refractivity contribution < 1.29 is 19.1 Å². The SMILES string of the molecule is O=C(Cc1cccc2ccccc12)NNC(=O)CN1C(=O)COc2ccccc21. The number of nitrogens with zero attached hydrogens (tertiary/aromatic N) is 1. The van der Waals surface area contributed by atoms with Crippen molar-refractivity contribution in [1.29, 1.82) is 0 Å². The van der Waals surface area contributed by atoms with Gasteiger partial charge < -0.3 is 4.74 Å². The number of benzene rings is 3. The van der Waals surface area contributed by atoms with Crippen molar-refractivity contribution in [2.45, 2.75) is 6.42 Å². The Kier molecular flexibility index (Phi) is 5.11. The molecule has 4 rings (SSSR count). The highest BCUT2D eigenvalue weighted by atomic mass is 16.5. The van der Waals surface area contributed by atoms with Crippen LogP contribution in [0.5, 0.6) is 5.75 Å². The van der Waals surface area contributed by atoms with E-state index in [0.717, 1.165) is 16.3 Å². The second kappa shape index (κ2) is 8.02. The lowest BCUT2D eigenvalue weighted by Crippen LogP contribution is -2.50. The second-order valence-electron chi connectivity index (χ2n) is 6.65. The van der Waals surface area contributed by atoms with E-state index in [0.29, 0.717) is 11.4 Å². The molecule has 0 bridgehead atoms. The lowest BCUT2D eigenvalue weighted by Gasteiger charge is -2.28. The van der Waals surface area contributed by atoms with Gasteiger partial charge in [-0.15, -0.1) is 0 Å². The second-order valence-corrected chi connectivity index (χ2v) is 6.65. The Morgan fingerprint density at radius 1 is 0.897 bits per heavy atom. The van der Waals surface area contributed by atoms with Crippen LogP contribution in [0.15, 0.2) is 66.7 Å². The fourth-order valence-corrected chi connectivity index (χ4v) is 3.31. The van der Waals surface area contributed by atoms with Gasteiger partial charge in [-0.05, 0) is 28.5 Å². The highest BCUT2D eigenvalue weighted by Gasteiger charge is 2.27. The molecular weight excluding hydrogens is 370 g/mol. The number of fused-ring (bicyclic) bond motifs is 2. The van der Waals surface area contributed by atoms with E-state index in [1.54, 1.807) is 24.3 Å². The smallest absolute Gasteiger partial charge is 0.265 e. The fourth-order valence-electron chi connectivity index (χ4n) is 3.31. The molecule has 1 aliphatic rings. The average molecular weight is 389 g/mol. The standard InChI is InChI=1S/C22H19N3O4/c26-20(12-16-8-5-7-15-6-1-2-9-17(15)16)23-24-21(27)13-25-18-10-3-4-11-19(18)29-14-22(25)28/h1-11H,12-14H2,(H,23,26)(H,24,27).